The van der Waals surface area contributed by atoms with Crippen LogP contribution in [0.25, 0.3) is 0 Å². The standard InChI is InChI=1S/C13H19N3O/c1-3-13(17)12-5-6-15(10-12)8-11-7-14-16(4-2)9-11/h5-7,9-10,13,17H,3-4,8H2,1-2H3. The second kappa shape index (κ2) is 5.19. The summed E-state index contributed by atoms with van der Waals surface area (Å²) in [5, 5.41) is 14.0. The maximum Gasteiger partial charge on any atom is 0.0802 e. The molecule has 4 nitrogen and oxygen atoms in total. The minimum absolute atomic E-state index is 0.352. The molecule has 0 aliphatic carbocycles. The Morgan fingerprint density at radius 2 is 2.18 bits per heavy atom. The number of nitrogens with zero attached hydrogens (tertiary/aromatic N) is 3. The van der Waals surface area contributed by atoms with Crippen molar-refractivity contribution in [2.24, 2.45) is 0 Å². The molecule has 0 aromatic carbocycles. The third-order valence-electron chi connectivity index (χ3n) is 2.92. The first-order valence-corrected chi connectivity index (χ1v) is 6.08. The van der Waals surface area contributed by atoms with Gasteiger partial charge in [-0.15, -0.1) is 0 Å². The molecule has 0 aliphatic rings. The molecule has 92 valence electrons. The van der Waals surface area contributed by atoms with Gasteiger partial charge in [-0.05, 0) is 25.0 Å². The fourth-order valence-electron chi connectivity index (χ4n) is 1.86. The van der Waals surface area contributed by atoms with Crippen molar-refractivity contribution >= 4 is 0 Å². The Labute approximate surface area is 101 Å². The van der Waals surface area contributed by atoms with Crippen LogP contribution in [0.1, 0.15) is 37.5 Å². The Kier molecular flexibility index (Phi) is 3.64. The molecule has 1 unspecified atom stereocenters. The highest BCUT2D eigenvalue weighted by atomic mass is 16.3. The van der Waals surface area contributed by atoms with E-state index in [0.717, 1.165) is 25.1 Å². The van der Waals surface area contributed by atoms with Crippen molar-refractivity contribution in [1.29, 1.82) is 0 Å². The number of hydrogen-bond donors (Lipinski definition) is 1. The molecule has 0 spiro atoms. The molecule has 2 aromatic heterocycles. The predicted octanol–water partition coefficient (Wildman–Crippen LogP) is 2.20. The third-order valence-corrected chi connectivity index (χ3v) is 2.92. The lowest BCUT2D eigenvalue weighted by atomic mass is 10.1. The fraction of sp³-hybridized carbons (Fsp3) is 0.462. The molecule has 2 rings (SSSR count). The van der Waals surface area contributed by atoms with Crippen molar-refractivity contribution in [3.63, 3.8) is 0 Å². The van der Waals surface area contributed by atoms with E-state index >= 15 is 0 Å². The van der Waals surface area contributed by atoms with E-state index in [1.807, 2.05) is 36.3 Å². The molecular formula is C13H19N3O. The topological polar surface area (TPSA) is 43.0 Å². The van der Waals surface area contributed by atoms with Gasteiger partial charge < -0.3 is 9.67 Å². The van der Waals surface area contributed by atoms with Crippen LogP contribution in [0.15, 0.2) is 30.9 Å². The average Bonchev–Trinajstić information content (AvgIpc) is 2.97. The second-order valence-electron chi connectivity index (χ2n) is 4.25. The summed E-state index contributed by atoms with van der Waals surface area (Å²) in [7, 11) is 0. The van der Waals surface area contributed by atoms with E-state index in [0.29, 0.717) is 0 Å². The molecule has 4 heteroatoms. The van der Waals surface area contributed by atoms with Crippen molar-refractivity contribution in [2.75, 3.05) is 0 Å². The van der Waals surface area contributed by atoms with Crippen LogP contribution in [-0.2, 0) is 13.1 Å². The first-order valence-electron chi connectivity index (χ1n) is 6.08. The quantitative estimate of drug-likeness (QED) is 0.860. The Hall–Kier alpha value is -1.55. The van der Waals surface area contributed by atoms with E-state index in [-0.39, 0.29) is 6.10 Å². The largest absolute Gasteiger partial charge is 0.388 e. The van der Waals surface area contributed by atoms with E-state index in [9.17, 15) is 5.11 Å². The molecule has 0 saturated carbocycles. The lowest BCUT2D eigenvalue weighted by Crippen LogP contribution is -1.97. The molecule has 0 aliphatic heterocycles. The van der Waals surface area contributed by atoms with Crippen molar-refractivity contribution < 1.29 is 5.11 Å². The molecule has 1 N–H and O–H groups in total. The molecule has 1 atom stereocenters. The van der Waals surface area contributed by atoms with E-state index in [2.05, 4.69) is 22.8 Å². The number of hydrogen-bond acceptors (Lipinski definition) is 2. The first kappa shape index (κ1) is 11.9. The monoisotopic (exact) mass is 233 g/mol. The molecule has 17 heavy (non-hydrogen) atoms. The normalized spacial score (nSPS) is 12.9. The fourth-order valence-corrected chi connectivity index (χ4v) is 1.86. The maximum absolute atomic E-state index is 9.72. The Balaban J connectivity index is 2.06. The predicted molar refractivity (Wildman–Crippen MR) is 66.7 cm³/mol. The lowest BCUT2D eigenvalue weighted by Gasteiger charge is -2.04. The second-order valence-corrected chi connectivity index (χ2v) is 4.25. The van der Waals surface area contributed by atoms with E-state index < -0.39 is 0 Å². The van der Waals surface area contributed by atoms with E-state index in [4.69, 9.17) is 0 Å². The van der Waals surface area contributed by atoms with Crippen molar-refractivity contribution in [3.05, 3.63) is 42.0 Å². The third kappa shape index (κ3) is 2.77. The van der Waals surface area contributed by atoms with Gasteiger partial charge in [-0.25, -0.2) is 0 Å². The van der Waals surface area contributed by atoms with Gasteiger partial charge in [-0.2, -0.15) is 5.10 Å². The van der Waals surface area contributed by atoms with Crippen LogP contribution in [0.5, 0.6) is 0 Å². The van der Waals surface area contributed by atoms with Crippen LogP contribution < -0.4 is 0 Å². The minimum Gasteiger partial charge on any atom is -0.388 e. The SMILES string of the molecule is CCC(O)c1ccn(Cc2cnn(CC)c2)c1. The van der Waals surface area contributed by atoms with Gasteiger partial charge in [0.1, 0.15) is 0 Å². The van der Waals surface area contributed by atoms with Crippen molar-refractivity contribution in [3.8, 4) is 0 Å². The van der Waals surface area contributed by atoms with Gasteiger partial charge in [0.25, 0.3) is 0 Å². The summed E-state index contributed by atoms with van der Waals surface area (Å²) in [6.45, 7) is 5.75. The van der Waals surface area contributed by atoms with Crippen molar-refractivity contribution in [2.45, 2.75) is 39.5 Å². The molecule has 2 heterocycles. The molecular weight excluding hydrogens is 214 g/mol. The zero-order chi connectivity index (χ0) is 12.3. The Bertz CT molecular complexity index is 472. The van der Waals surface area contributed by atoms with Gasteiger partial charge in [-0.3, -0.25) is 4.68 Å². The smallest absolute Gasteiger partial charge is 0.0802 e. The van der Waals surface area contributed by atoms with Gasteiger partial charge in [0.2, 0.25) is 0 Å². The highest BCUT2D eigenvalue weighted by Crippen LogP contribution is 2.16. The summed E-state index contributed by atoms with van der Waals surface area (Å²) in [5.41, 5.74) is 2.16. The Morgan fingerprint density at radius 1 is 1.35 bits per heavy atom. The first-order chi connectivity index (χ1) is 8.22. The van der Waals surface area contributed by atoms with Crippen molar-refractivity contribution in [1.82, 2.24) is 14.3 Å². The highest BCUT2D eigenvalue weighted by Gasteiger charge is 2.06. The highest BCUT2D eigenvalue weighted by molar-refractivity contribution is 5.15. The lowest BCUT2D eigenvalue weighted by molar-refractivity contribution is 0.173. The summed E-state index contributed by atoms with van der Waals surface area (Å²) in [6, 6.07) is 1.97. The average molecular weight is 233 g/mol. The molecule has 0 radical (unpaired) electrons. The number of aliphatic hydroxyl groups excluding tert-OH is 1. The van der Waals surface area contributed by atoms with Crippen LogP contribution in [0.3, 0.4) is 0 Å². The van der Waals surface area contributed by atoms with Crippen LogP contribution in [0.4, 0.5) is 0 Å². The molecule has 2 aromatic rings. The molecule has 0 saturated heterocycles. The van der Waals surface area contributed by atoms with Gasteiger partial charge >= 0.3 is 0 Å². The zero-order valence-electron chi connectivity index (χ0n) is 10.4. The van der Waals surface area contributed by atoms with Crippen LogP contribution in [0.2, 0.25) is 0 Å². The number of aryl methyl sites for hydroxylation is 1. The molecule has 0 fully saturated rings. The summed E-state index contributed by atoms with van der Waals surface area (Å²) >= 11 is 0. The Morgan fingerprint density at radius 3 is 2.82 bits per heavy atom. The van der Waals surface area contributed by atoms with Gasteiger partial charge in [0.15, 0.2) is 0 Å². The number of rotatable bonds is 5. The van der Waals surface area contributed by atoms with E-state index in [1.54, 1.807) is 0 Å². The summed E-state index contributed by atoms with van der Waals surface area (Å²) in [5.74, 6) is 0. The van der Waals surface area contributed by atoms with Crippen LogP contribution >= 0.6 is 0 Å². The van der Waals surface area contributed by atoms with Gasteiger partial charge in [0, 0.05) is 30.7 Å². The van der Waals surface area contributed by atoms with Crippen LogP contribution in [-0.4, -0.2) is 19.5 Å². The van der Waals surface area contributed by atoms with E-state index in [1.165, 1.54) is 5.56 Å². The van der Waals surface area contributed by atoms with Crippen LogP contribution in [0, 0.1) is 0 Å². The summed E-state index contributed by atoms with van der Waals surface area (Å²) in [6.07, 6.45) is 8.33. The molecule has 0 amide bonds. The minimum atomic E-state index is -0.352. The summed E-state index contributed by atoms with van der Waals surface area (Å²) < 4.78 is 3.99. The maximum atomic E-state index is 9.72. The number of aliphatic hydroxyl groups is 1. The number of aromatic nitrogens is 3. The zero-order valence-corrected chi connectivity index (χ0v) is 10.4. The van der Waals surface area contributed by atoms with Gasteiger partial charge in [0.05, 0.1) is 18.8 Å². The molecule has 0 bridgehead atoms. The summed E-state index contributed by atoms with van der Waals surface area (Å²) in [4.78, 5) is 0. The van der Waals surface area contributed by atoms with Gasteiger partial charge in [-0.1, -0.05) is 6.92 Å².